The maximum atomic E-state index is 12.8. The number of ether oxygens (including phenoxy) is 2. The van der Waals surface area contributed by atoms with Crippen LogP contribution in [0, 0.1) is 5.41 Å². The molecule has 0 aromatic heterocycles. The first-order valence-corrected chi connectivity index (χ1v) is 13.0. The number of carbonyl (C=O) groups is 1. The lowest BCUT2D eigenvalue weighted by Crippen LogP contribution is -2.29. The predicted octanol–water partition coefficient (Wildman–Crippen LogP) is 8.51. The van der Waals surface area contributed by atoms with Crippen molar-refractivity contribution in [2.24, 2.45) is 5.41 Å². The van der Waals surface area contributed by atoms with Crippen molar-refractivity contribution < 1.29 is 27.4 Å². The van der Waals surface area contributed by atoms with Crippen molar-refractivity contribution in [3.8, 4) is 5.75 Å². The van der Waals surface area contributed by atoms with Crippen LogP contribution in [0.3, 0.4) is 0 Å². The summed E-state index contributed by atoms with van der Waals surface area (Å²) in [5.41, 5.74) is 1.99. The standard InChI is InChI=1S/C30H33F3O3S/c1-6-35-27(34)28(3,4)37-26-13-11-25(12-14-26)36-20-17-21(2)29(5)18-15-23(16-19-29)22-7-9-24(10-8-22)30(31,32)33/h7-18H,6,19-20H2,1-5H3/b21-17+. The third kappa shape index (κ3) is 7.54. The summed E-state index contributed by atoms with van der Waals surface area (Å²) in [5.74, 6) is 0.490. The summed E-state index contributed by atoms with van der Waals surface area (Å²) in [6.07, 6.45) is 4.59. The highest BCUT2D eigenvalue weighted by Crippen LogP contribution is 2.39. The van der Waals surface area contributed by atoms with Crippen LogP contribution in [0.4, 0.5) is 13.2 Å². The summed E-state index contributed by atoms with van der Waals surface area (Å²) in [6, 6.07) is 12.9. The van der Waals surface area contributed by atoms with Gasteiger partial charge in [-0.2, -0.15) is 13.2 Å². The Hall–Kier alpha value is -2.93. The summed E-state index contributed by atoms with van der Waals surface area (Å²) in [7, 11) is 0. The van der Waals surface area contributed by atoms with E-state index in [9.17, 15) is 18.0 Å². The molecule has 0 saturated heterocycles. The van der Waals surface area contributed by atoms with Gasteiger partial charge in [-0.3, -0.25) is 4.79 Å². The van der Waals surface area contributed by atoms with Gasteiger partial charge in [0, 0.05) is 10.3 Å². The molecule has 0 bridgehead atoms. The minimum atomic E-state index is -4.33. The summed E-state index contributed by atoms with van der Waals surface area (Å²) in [4.78, 5) is 13.1. The number of esters is 1. The molecule has 1 aliphatic carbocycles. The third-order valence-electron chi connectivity index (χ3n) is 6.43. The van der Waals surface area contributed by atoms with Crippen molar-refractivity contribution >= 4 is 23.3 Å². The molecule has 0 aliphatic heterocycles. The van der Waals surface area contributed by atoms with Crippen LogP contribution in [-0.2, 0) is 15.7 Å². The van der Waals surface area contributed by atoms with E-state index in [0.717, 1.165) is 45.9 Å². The number of rotatable bonds is 9. The van der Waals surface area contributed by atoms with Crippen LogP contribution in [0.5, 0.6) is 5.75 Å². The first-order chi connectivity index (χ1) is 17.3. The lowest BCUT2D eigenvalue weighted by Gasteiger charge is -2.29. The lowest BCUT2D eigenvalue weighted by molar-refractivity contribution is -0.145. The Morgan fingerprint density at radius 1 is 1.08 bits per heavy atom. The van der Waals surface area contributed by atoms with Gasteiger partial charge in [-0.15, -0.1) is 11.8 Å². The zero-order chi connectivity index (χ0) is 27.3. The molecule has 1 unspecified atom stereocenters. The molecule has 0 radical (unpaired) electrons. The van der Waals surface area contributed by atoms with Crippen LogP contribution in [0.2, 0.25) is 0 Å². The van der Waals surface area contributed by atoms with Gasteiger partial charge in [-0.25, -0.2) is 0 Å². The van der Waals surface area contributed by atoms with Gasteiger partial charge in [0.15, 0.2) is 0 Å². The smallest absolute Gasteiger partial charge is 0.416 e. The molecule has 0 fully saturated rings. The van der Waals surface area contributed by atoms with Gasteiger partial charge in [-0.05, 0) is 87.7 Å². The molecule has 0 saturated carbocycles. The largest absolute Gasteiger partial charge is 0.490 e. The van der Waals surface area contributed by atoms with E-state index in [1.165, 1.54) is 23.9 Å². The molecule has 37 heavy (non-hydrogen) atoms. The Kier molecular flexibility index (Phi) is 9.00. The van der Waals surface area contributed by atoms with E-state index >= 15 is 0 Å². The van der Waals surface area contributed by atoms with Crippen LogP contribution >= 0.6 is 11.8 Å². The van der Waals surface area contributed by atoms with E-state index in [2.05, 4.69) is 26.0 Å². The molecule has 0 amide bonds. The van der Waals surface area contributed by atoms with Crippen molar-refractivity contribution in [1.29, 1.82) is 0 Å². The quantitative estimate of drug-likeness (QED) is 0.185. The third-order valence-corrected chi connectivity index (χ3v) is 7.61. The minimum absolute atomic E-state index is 0.196. The number of alkyl halides is 3. The number of benzene rings is 2. The van der Waals surface area contributed by atoms with E-state index in [4.69, 9.17) is 9.47 Å². The average molecular weight is 531 g/mol. The minimum Gasteiger partial charge on any atom is -0.490 e. The zero-order valence-corrected chi connectivity index (χ0v) is 22.6. The van der Waals surface area contributed by atoms with E-state index in [-0.39, 0.29) is 11.4 Å². The summed E-state index contributed by atoms with van der Waals surface area (Å²) in [5, 5.41) is 0. The Labute approximate surface area is 221 Å². The number of hydrogen-bond donors (Lipinski definition) is 0. The van der Waals surface area contributed by atoms with E-state index in [1.54, 1.807) is 6.92 Å². The SMILES string of the molecule is CCOC(=O)C(C)(C)Sc1ccc(OC/C=C(\C)C2(C)C=CC(c3ccc(C(F)(F)F)cc3)=CC2)cc1. The van der Waals surface area contributed by atoms with Crippen LogP contribution in [0.1, 0.15) is 52.2 Å². The zero-order valence-electron chi connectivity index (χ0n) is 21.8. The fourth-order valence-electron chi connectivity index (χ4n) is 3.83. The number of thioether (sulfide) groups is 1. The molecule has 0 N–H and O–H groups in total. The number of hydrogen-bond acceptors (Lipinski definition) is 4. The second-order valence-corrected chi connectivity index (χ2v) is 11.4. The molecule has 2 aromatic carbocycles. The van der Waals surface area contributed by atoms with E-state index in [0.29, 0.717) is 13.2 Å². The topological polar surface area (TPSA) is 35.5 Å². The lowest BCUT2D eigenvalue weighted by atomic mass is 9.75. The Bertz CT molecular complexity index is 1180. The predicted molar refractivity (Wildman–Crippen MR) is 144 cm³/mol. The van der Waals surface area contributed by atoms with Gasteiger partial charge >= 0.3 is 12.1 Å². The Morgan fingerprint density at radius 3 is 2.27 bits per heavy atom. The van der Waals surface area contributed by atoms with Gasteiger partial charge in [0.25, 0.3) is 0 Å². The van der Waals surface area contributed by atoms with Gasteiger partial charge in [0.1, 0.15) is 17.1 Å². The molecule has 0 heterocycles. The van der Waals surface area contributed by atoms with Crippen molar-refractivity contribution in [1.82, 2.24) is 0 Å². The molecule has 3 nitrogen and oxygen atoms in total. The molecule has 1 atom stereocenters. The van der Waals surface area contributed by atoms with Gasteiger partial charge in [0.05, 0.1) is 12.2 Å². The van der Waals surface area contributed by atoms with Crippen LogP contribution in [0.15, 0.2) is 83.3 Å². The van der Waals surface area contributed by atoms with Crippen molar-refractivity contribution in [3.63, 3.8) is 0 Å². The average Bonchev–Trinajstić information content (AvgIpc) is 2.85. The summed E-state index contributed by atoms with van der Waals surface area (Å²) >= 11 is 1.44. The van der Waals surface area contributed by atoms with Crippen LogP contribution < -0.4 is 4.74 Å². The first-order valence-electron chi connectivity index (χ1n) is 12.2. The Balaban J connectivity index is 1.55. The second-order valence-electron chi connectivity index (χ2n) is 9.69. The molecule has 198 valence electrons. The van der Waals surface area contributed by atoms with Crippen LogP contribution in [0.25, 0.3) is 5.57 Å². The molecule has 2 aromatic rings. The van der Waals surface area contributed by atoms with E-state index < -0.39 is 16.5 Å². The normalized spacial score (nSPS) is 18.4. The molecule has 1 aliphatic rings. The number of carbonyl (C=O) groups excluding carboxylic acids is 1. The highest BCUT2D eigenvalue weighted by Gasteiger charge is 2.31. The summed E-state index contributed by atoms with van der Waals surface area (Å²) < 4.78 is 48.9. The number of allylic oxidation sites excluding steroid dienone is 5. The van der Waals surface area contributed by atoms with Crippen LogP contribution in [-0.4, -0.2) is 23.9 Å². The van der Waals surface area contributed by atoms with E-state index in [1.807, 2.05) is 50.3 Å². The molecular weight excluding hydrogens is 497 g/mol. The molecule has 3 rings (SSSR count). The highest BCUT2D eigenvalue weighted by molar-refractivity contribution is 8.01. The molecule has 7 heteroatoms. The van der Waals surface area contributed by atoms with Gasteiger partial charge < -0.3 is 9.47 Å². The number of halogens is 3. The van der Waals surface area contributed by atoms with Gasteiger partial charge in [0.2, 0.25) is 0 Å². The monoisotopic (exact) mass is 530 g/mol. The Morgan fingerprint density at radius 2 is 1.73 bits per heavy atom. The second kappa shape index (κ2) is 11.6. The molecular formula is C30H33F3O3S. The van der Waals surface area contributed by atoms with Crippen molar-refractivity contribution in [2.75, 3.05) is 13.2 Å². The summed E-state index contributed by atoms with van der Waals surface area (Å²) in [6.45, 7) is 10.4. The fourth-order valence-corrected chi connectivity index (χ4v) is 4.83. The van der Waals surface area contributed by atoms with Crippen molar-refractivity contribution in [3.05, 3.63) is 89.5 Å². The van der Waals surface area contributed by atoms with Gasteiger partial charge in [-0.1, -0.05) is 42.9 Å². The maximum Gasteiger partial charge on any atom is 0.416 e. The first kappa shape index (κ1) is 28.6. The fraction of sp³-hybridized carbons (Fsp3) is 0.367. The van der Waals surface area contributed by atoms with Crippen molar-refractivity contribution in [2.45, 2.75) is 56.9 Å². The molecule has 0 spiro atoms. The maximum absolute atomic E-state index is 12.8. The highest BCUT2D eigenvalue weighted by atomic mass is 32.2.